The number of nitrogens with one attached hydrogen (secondary N) is 1. The molecule has 0 radical (unpaired) electrons. The highest BCUT2D eigenvalue weighted by Crippen LogP contribution is 2.02. The molecule has 0 unspecified atom stereocenters. The Morgan fingerprint density at radius 1 is 1.24 bits per heavy atom. The summed E-state index contributed by atoms with van der Waals surface area (Å²) < 4.78 is 0. The lowest BCUT2D eigenvalue weighted by molar-refractivity contribution is -0.126. The Balaban J connectivity index is 0.00000256. The maximum Gasteiger partial charge on any atom is 0.240 e. The molecule has 0 aliphatic rings. The highest BCUT2D eigenvalue weighted by molar-refractivity contribution is 5.87. The van der Waals surface area contributed by atoms with Gasteiger partial charge in [0.2, 0.25) is 11.8 Å². The Labute approximate surface area is 106 Å². The third kappa shape index (κ3) is 5.33. The van der Waals surface area contributed by atoms with Crippen molar-refractivity contribution in [2.75, 3.05) is 6.54 Å². The van der Waals surface area contributed by atoms with Gasteiger partial charge in [-0.3, -0.25) is 9.59 Å². The fourth-order valence-electron chi connectivity index (χ4n) is 1.33. The average molecular weight is 258 g/mol. The maximum atomic E-state index is 11.1. The Kier molecular flexibility index (Phi) is 6.93. The van der Waals surface area contributed by atoms with E-state index in [0.717, 1.165) is 5.56 Å². The first-order valence-electron chi connectivity index (χ1n) is 4.96. The lowest BCUT2D eigenvalue weighted by atomic mass is 10.1. The van der Waals surface area contributed by atoms with E-state index >= 15 is 0 Å². The van der Waals surface area contributed by atoms with E-state index in [2.05, 4.69) is 5.32 Å². The van der Waals surface area contributed by atoms with Crippen LogP contribution < -0.4 is 16.8 Å². The summed E-state index contributed by atoms with van der Waals surface area (Å²) in [6.07, 6.45) is 0.377. The molecular formula is C11H16ClN3O2. The van der Waals surface area contributed by atoms with E-state index in [-0.39, 0.29) is 24.9 Å². The second-order valence-corrected chi connectivity index (χ2v) is 3.42. The minimum Gasteiger partial charge on any atom is -0.368 e. The number of primary amides is 1. The fraction of sp³-hybridized carbons (Fsp3) is 0.273. The molecule has 17 heavy (non-hydrogen) atoms. The minimum absolute atomic E-state index is 0. The number of amides is 2. The van der Waals surface area contributed by atoms with Crippen LogP contribution in [0.25, 0.3) is 0 Å². The molecule has 0 saturated carbocycles. The second kappa shape index (κ2) is 7.65. The largest absolute Gasteiger partial charge is 0.368 e. The van der Waals surface area contributed by atoms with Crippen molar-refractivity contribution in [3.63, 3.8) is 0 Å². The average Bonchev–Trinajstić information content (AvgIpc) is 2.29. The van der Waals surface area contributed by atoms with Crippen LogP contribution >= 0.6 is 12.4 Å². The van der Waals surface area contributed by atoms with Crippen LogP contribution in [0.5, 0.6) is 0 Å². The van der Waals surface area contributed by atoms with Gasteiger partial charge in [-0.1, -0.05) is 30.3 Å². The van der Waals surface area contributed by atoms with Crippen LogP contribution in [0, 0.1) is 0 Å². The summed E-state index contributed by atoms with van der Waals surface area (Å²) in [5, 5.41) is 2.48. The molecule has 1 rings (SSSR count). The number of halogens is 1. The van der Waals surface area contributed by atoms with Gasteiger partial charge < -0.3 is 16.8 Å². The number of hydrogen-bond donors (Lipinski definition) is 3. The first-order valence-corrected chi connectivity index (χ1v) is 4.96. The summed E-state index contributed by atoms with van der Waals surface area (Å²) >= 11 is 0. The summed E-state index contributed by atoms with van der Waals surface area (Å²) in [4.78, 5) is 22.2. The van der Waals surface area contributed by atoms with Crippen LogP contribution in [0.15, 0.2) is 30.3 Å². The Morgan fingerprint density at radius 2 is 1.82 bits per heavy atom. The zero-order valence-electron chi connectivity index (χ0n) is 9.26. The normalized spacial score (nSPS) is 11.1. The lowest BCUT2D eigenvalue weighted by Gasteiger charge is -2.14. The molecule has 0 saturated heterocycles. The molecule has 0 spiro atoms. The van der Waals surface area contributed by atoms with Crippen LogP contribution in [0.4, 0.5) is 0 Å². The van der Waals surface area contributed by atoms with Crippen molar-refractivity contribution >= 4 is 24.2 Å². The zero-order chi connectivity index (χ0) is 12.0. The molecule has 2 amide bonds. The highest BCUT2D eigenvalue weighted by atomic mass is 35.5. The summed E-state index contributed by atoms with van der Waals surface area (Å²) in [7, 11) is 0. The number of nitrogens with two attached hydrogens (primary N) is 2. The van der Waals surface area contributed by atoms with Crippen LogP contribution in [-0.2, 0) is 16.0 Å². The molecule has 0 heterocycles. The van der Waals surface area contributed by atoms with Crippen molar-refractivity contribution in [3.05, 3.63) is 35.9 Å². The molecular weight excluding hydrogens is 242 g/mol. The van der Waals surface area contributed by atoms with E-state index in [1.807, 2.05) is 30.3 Å². The topological polar surface area (TPSA) is 98.2 Å². The van der Waals surface area contributed by atoms with E-state index in [4.69, 9.17) is 11.5 Å². The number of rotatable bonds is 5. The summed E-state index contributed by atoms with van der Waals surface area (Å²) in [5.74, 6) is -0.953. The lowest BCUT2D eigenvalue weighted by Crippen LogP contribution is -2.47. The van der Waals surface area contributed by atoms with Crippen molar-refractivity contribution in [1.82, 2.24) is 5.32 Å². The third-order valence-corrected chi connectivity index (χ3v) is 2.15. The summed E-state index contributed by atoms with van der Waals surface area (Å²) in [6.45, 7) is -0.154. The molecule has 6 heteroatoms. The quantitative estimate of drug-likeness (QED) is 0.668. The molecule has 0 bridgehead atoms. The van der Waals surface area contributed by atoms with Crippen molar-refractivity contribution in [2.45, 2.75) is 12.5 Å². The van der Waals surface area contributed by atoms with E-state index in [1.54, 1.807) is 0 Å². The highest BCUT2D eigenvalue weighted by Gasteiger charge is 2.17. The first kappa shape index (κ1) is 15.4. The van der Waals surface area contributed by atoms with Crippen LogP contribution in [0.2, 0.25) is 0 Å². The Morgan fingerprint density at radius 3 is 2.29 bits per heavy atom. The Bertz CT molecular complexity index is 370. The number of carbonyl (C=O) groups excluding carboxylic acids is 2. The van der Waals surface area contributed by atoms with E-state index in [1.165, 1.54) is 0 Å². The molecule has 0 aromatic heterocycles. The number of benzene rings is 1. The van der Waals surface area contributed by atoms with Gasteiger partial charge in [-0.25, -0.2) is 0 Å². The monoisotopic (exact) mass is 257 g/mol. The first-order chi connectivity index (χ1) is 7.63. The minimum atomic E-state index is -0.710. The predicted molar refractivity (Wildman–Crippen MR) is 67.6 cm³/mol. The molecule has 1 aromatic carbocycles. The summed E-state index contributed by atoms with van der Waals surface area (Å²) in [5.41, 5.74) is 11.3. The number of carbonyl (C=O) groups is 2. The molecule has 1 aromatic rings. The summed E-state index contributed by atoms with van der Waals surface area (Å²) in [6, 6.07) is 8.62. The fourth-order valence-corrected chi connectivity index (χ4v) is 1.33. The zero-order valence-corrected chi connectivity index (χ0v) is 10.1. The van der Waals surface area contributed by atoms with Gasteiger partial charge >= 0.3 is 0 Å². The van der Waals surface area contributed by atoms with Crippen molar-refractivity contribution in [3.8, 4) is 0 Å². The van der Waals surface area contributed by atoms with Gasteiger partial charge in [0, 0.05) is 6.42 Å². The van der Waals surface area contributed by atoms with E-state index < -0.39 is 11.9 Å². The van der Waals surface area contributed by atoms with Crippen LogP contribution in [0.3, 0.4) is 0 Å². The molecule has 94 valence electrons. The van der Waals surface area contributed by atoms with E-state index in [9.17, 15) is 9.59 Å². The molecule has 0 fully saturated rings. The SMILES string of the molecule is Cl.NCC(=O)N[C@@H](Cc1ccccc1)C(N)=O. The predicted octanol–water partition coefficient (Wildman–Crippen LogP) is -0.420. The van der Waals surface area contributed by atoms with Gasteiger partial charge in [0.15, 0.2) is 0 Å². The molecule has 1 atom stereocenters. The van der Waals surface area contributed by atoms with Crippen molar-refractivity contribution < 1.29 is 9.59 Å². The molecule has 0 aliphatic heterocycles. The van der Waals surface area contributed by atoms with Crippen molar-refractivity contribution in [1.29, 1.82) is 0 Å². The van der Waals surface area contributed by atoms with Gasteiger partial charge in [0.25, 0.3) is 0 Å². The van der Waals surface area contributed by atoms with Crippen LogP contribution in [0.1, 0.15) is 5.56 Å². The van der Waals surface area contributed by atoms with Gasteiger partial charge in [-0.2, -0.15) is 0 Å². The van der Waals surface area contributed by atoms with Gasteiger partial charge in [-0.05, 0) is 5.56 Å². The van der Waals surface area contributed by atoms with Gasteiger partial charge in [0.05, 0.1) is 6.54 Å². The van der Waals surface area contributed by atoms with Gasteiger partial charge in [0.1, 0.15) is 6.04 Å². The van der Waals surface area contributed by atoms with Crippen LogP contribution in [-0.4, -0.2) is 24.4 Å². The Hall–Kier alpha value is -1.59. The standard InChI is InChI=1S/C11H15N3O2.ClH/c12-7-10(15)14-9(11(13)16)6-8-4-2-1-3-5-8;/h1-5,9H,6-7,12H2,(H2,13,16)(H,14,15);1H/t9-;/m0./s1. The number of hydrogen-bond acceptors (Lipinski definition) is 3. The maximum absolute atomic E-state index is 11.1. The molecule has 0 aliphatic carbocycles. The molecule has 5 N–H and O–H groups in total. The van der Waals surface area contributed by atoms with E-state index in [0.29, 0.717) is 6.42 Å². The smallest absolute Gasteiger partial charge is 0.240 e. The van der Waals surface area contributed by atoms with Crippen molar-refractivity contribution in [2.24, 2.45) is 11.5 Å². The molecule has 5 nitrogen and oxygen atoms in total. The van der Waals surface area contributed by atoms with Gasteiger partial charge in [-0.15, -0.1) is 12.4 Å². The second-order valence-electron chi connectivity index (χ2n) is 3.42. The third-order valence-electron chi connectivity index (χ3n) is 2.15.